The van der Waals surface area contributed by atoms with Crippen molar-refractivity contribution in [1.82, 2.24) is 0 Å². The number of quaternary nitrogens is 1. The maximum absolute atomic E-state index is 12.3. The molecular formula is C22H40ClNO3. The van der Waals surface area contributed by atoms with Crippen molar-refractivity contribution in [3.05, 3.63) is 0 Å². The summed E-state index contributed by atoms with van der Waals surface area (Å²) in [6, 6.07) is 0. The second-order valence-corrected chi connectivity index (χ2v) is 10.5. The number of likely N-dealkylation sites (N-methyl/N-ethyl adjacent to an activating group) is 1. The number of carbonyl (C=O) groups excluding carboxylic acids is 1. The molecule has 3 saturated carbocycles. The van der Waals surface area contributed by atoms with Gasteiger partial charge >= 0.3 is 5.97 Å². The summed E-state index contributed by atoms with van der Waals surface area (Å²) in [5.74, 6) is 0.764. The van der Waals surface area contributed by atoms with E-state index in [4.69, 9.17) is 9.47 Å². The van der Waals surface area contributed by atoms with Gasteiger partial charge in [-0.15, -0.1) is 0 Å². The highest BCUT2D eigenvalue weighted by molar-refractivity contribution is 5.70. The highest BCUT2D eigenvalue weighted by Crippen LogP contribution is 2.66. The van der Waals surface area contributed by atoms with Crippen molar-refractivity contribution in [3.63, 3.8) is 0 Å². The Bertz CT molecular complexity index is 516. The Labute approximate surface area is 172 Å². The fraction of sp³-hybridized carbons (Fsp3) is 0.955. The summed E-state index contributed by atoms with van der Waals surface area (Å²) < 4.78 is 12.7. The highest BCUT2D eigenvalue weighted by atomic mass is 35.5. The molecule has 3 rings (SSSR count). The third-order valence-electron chi connectivity index (χ3n) is 8.14. The molecule has 3 atom stereocenters. The minimum atomic E-state index is -0.0464. The number of hydrogen-bond donors (Lipinski definition) is 0. The zero-order chi connectivity index (χ0) is 19.0. The van der Waals surface area contributed by atoms with Crippen molar-refractivity contribution in [2.24, 2.45) is 16.7 Å². The largest absolute Gasteiger partial charge is 1.00 e. The molecule has 27 heavy (non-hydrogen) atoms. The third kappa shape index (κ3) is 4.82. The number of ether oxygens (including phenoxy) is 2. The first-order valence-electron chi connectivity index (χ1n) is 10.8. The average Bonchev–Trinajstić information content (AvgIpc) is 2.88. The van der Waals surface area contributed by atoms with Gasteiger partial charge in [-0.2, -0.15) is 0 Å². The van der Waals surface area contributed by atoms with Crippen LogP contribution in [-0.2, 0) is 14.3 Å². The van der Waals surface area contributed by atoms with E-state index >= 15 is 0 Å². The topological polar surface area (TPSA) is 35.5 Å². The highest BCUT2D eigenvalue weighted by Gasteiger charge is 2.61. The molecule has 0 amide bonds. The van der Waals surface area contributed by atoms with Crippen LogP contribution in [-0.4, -0.2) is 56.5 Å². The van der Waals surface area contributed by atoms with Crippen LogP contribution in [0.25, 0.3) is 0 Å². The van der Waals surface area contributed by atoms with Crippen LogP contribution in [0.4, 0.5) is 0 Å². The molecule has 0 saturated heterocycles. The molecule has 3 unspecified atom stereocenters. The van der Waals surface area contributed by atoms with Crippen molar-refractivity contribution in [1.29, 1.82) is 0 Å². The summed E-state index contributed by atoms with van der Waals surface area (Å²) in [6.45, 7) is 9.30. The van der Waals surface area contributed by atoms with Gasteiger partial charge in [0.2, 0.25) is 0 Å². The van der Waals surface area contributed by atoms with Gasteiger partial charge in [-0.1, -0.05) is 27.2 Å². The molecule has 5 heteroatoms. The number of fused-ring (bicyclic) bond motifs is 2. The molecule has 0 N–H and O–H groups in total. The van der Waals surface area contributed by atoms with E-state index in [0.29, 0.717) is 28.0 Å². The lowest BCUT2D eigenvalue weighted by molar-refractivity contribution is -0.883. The Morgan fingerprint density at radius 1 is 1.07 bits per heavy atom. The van der Waals surface area contributed by atoms with Crippen LogP contribution in [0.15, 0.2) is 0 Å². The van der Waals surface area contributed by atoms with E-state index in [9.17, 15) is 4.79 Å². The Kier molecular flexibility index (Phi) is 7.30. The predicted octanol–water partition coefficient (Wildman–Crippen LogP) is 1.17. The first-order chi connectivity index (χ1) is 12.1. The third-order valence-corrected chi connectivity index (χ3v) is 8.14. The van der Waals surface area contributed by atoms with Gasteiger partial charge in [0.1, 0.15) is 12.6 Å². The van der Waals surface area contributed by atoms with Crippen molar-refractivity contribution in [3.8, 4) is 0 Å². The minimum absolute atomic E-state index is 0. The van der Waals surface area contributed by atoms with E-state index in [-0.39, 0.29) is 24.5 Å². The van der Waals surface area contributed by atoms with Crippen LogP contribution >= 0.6 is 0 Å². The van der Waals surface area contributed by atoms with Gasteiger partial charge < -0.3 is 26.4 Å². The molecule has 0 heterocycles. The predicted molar refractivity (Wildman–Crippen MR) is 104 cm³/mol. The summed E-state index contributed by atoms with van der Waals surface area (Å²) in [6.07, 6.45) is 10.2. The second kappa shape index (κ2) is 8.59. The Balaban J connectivity index is 0.00000261. The van der Waals surface area contributed by atoms with Crippen molar-refractivity contribution >= 4 is 5.97 Å². The minimum Gasteiger partial charge on any atom is -1.00 e. The first kappa shape index (κ1) is 23.0. The van der Waals surface area contributed by atoms with Gasteiger partial charge in [0.15, 0.2) is 6.54 Å². The summed E-state index contributed by atoms with van der Waals surface area (Å²) in [5, 5.41) is 0. The van der Waals surface area contributed by atoms with Crippen LogP contribution < -0.4 is 12.4 Å². The van der Waals surface area contributed by atoms with Gasteiger partial charge in [-0.3, -0.25) is 0 Å². The van der Waals surface area contributed by atoms with E-state index in [2.05, 4.69) is 34.9 Å². The van der Waals surface area contributed by atoms with Gasteiger partial charge in [0, 0.05) is 0 Å². The molecule has 3 fully saturated rings. The molecule has 2 bridgehead atoms. The maximum Gasteiger partial charge on any atom is 0.362 e. The Morgan fingerprint density at radius 3 is 2.30 bits per heavy atom. The van der Waals surface area contributed by atoms with Gasteiger partial charge in [-0.05, 0) is 61.7 Å². The standard InChI is InChI=1S/C22H40NO3.ClH/c1-21(2)17-11-12-22(21,3)19(15-17)25-14-13-23(4,5)16-20(24)26-18-9-7-6-8-10-18;/h17-19H,6-16H2,1-5H3;1H/q+1;/p-1. The van der Waals surface area contributed by atoms with Crippen molar-refractivity contribution in [2.75, 3.05) is 33.8 Å². The summed E-state index contributed by atoms with van der Waals surface area (Å²) in [7, 11) is 4.22. The first-order valence-corrected chi connectivity index (χ1v) is 10.8. The molecule has 3 aliphatic carbocycles. The van der Waals surface area contributed by atoms with Crippen molar-refractivity contribution < 1.29 is 31.2 Å². The second-order valence-electron chi connectivity index (χ2n) is 10.5. The molecule has 0 spiro atoms. The average molecular weight is 402 g/mol. The molecule has 3 aliphatic rings. The number of hydrogen-bond acceptors (Lipinski definition) is 3. The van der Waals surface area contributed by atoms with Gasteiger partial charge in [0.25, 0.3) is 0 Å². The number of nitrogens with zero attached hydrogens (tertiary/aromatic N) is 1. The van der Waals surface area contributed by atoms with Crippen LogP contribution in [0.1, 0.15) is 72.1 Å². The fourth-order valence-electron chi connectivity index (χ4n) is 5.66. The molecule has 158 valence electrons. The number of carbonyl (C=O) groups is 1. The number of esters is 1. The number of rotatable bonds is 7. The molecule has 0 aromatic carbocycles. The summed E-state index contributed by atoms with van der Waals surface area (Å²) >= 11 is 0. The van der Waals surface area contributed by atoms with Gasteiger partial charge in [0.05, 0.1) is 26.8 Å². The normalized spacial score (nSPS) is 32.9. The van der Waals surface area contributed by atoms with Crippen LogP contribution in [0, 0.1) is 16.7 Å². The molecule has 0 radical (unpaired) electrons. The monoisotopic (exact) mass is 401 g/mol. The van der Waals surface area contributed by atoms with Crippen LogP contribution in [0.3, 0.4) is 0 Å². The summed E-state index contributed by atoms with van der Waals surface area (Å²) in [4.78, 5) is 12.3. The number of halogens is 1. The zero-order valence-electron chi connectivity index (χ0n) is 18.1. The van der Waals surface area contributed by atoms with E-state index in [1.54, 1.807) is 0 Å². The molecule has 0 aromatic rings. The quantitative estimate of drug-likeness (QED) is 0.474. The van der Waals surface area contributed by atoms with Crippen molar-refractivity contribution in [2.45, 2.75) is 84.3 Å². The van der Waals surface area contributed by atoms with Crippen LogP contribution in [0.5, 0.6) is 0 Å². The molecule has 0 aromatic heterocycles. The van der Waals surface area contributed by atoms with E-state index in [0.717, 1.165) is 31.9 Å². The lowest BCUT2D eigenvalue weighted by atomic mass is 9.70. The maximum atomic E-state index is 12.3. The Hall–Kier alpha value is -0.320. The lowest BCUT2D eigenvalue weighted by Gasteiger charge is -2.39. The SMILES string of the molecule is CC1(C)C2CCC1(C)C(OCC[N+](C)(C)CC(=O)OC1CCCCC1)C2.[Cl-]. The molecule has 0 aliphatic heterocycles. The van der Waals surface area contributed by atoms with Gasteiger partial charge in [-0.25, -0.2) is 4.79 Å². The van der Waals surface area contributed by atoms with E-state index in [1.807, 2.05) is 0 Å². The zero-order valence-corrected chi connectivity index (χ0v) is 18.8. The molecule has 4 nitrogen and oxygen atoms in total. The fourth-order valence-corrected chi connectivity index (χ4v) is 5.66. The molecular weight excluding hydrogens is 362 g/mol. The Morgan fingerprint density at radius 2 is 1.74 bits per heavy atom. The smallest absolute Gasteiger partial charge is 0.362 e. The lowest BCUT2D eigenvalue weighted by Crippen LogP contribution is -3.00. The van der Waals surface area contributed by atoms with E-state index < -0.39 is 0 Å². The summed E-state index contributed by atoms with van der Waals surface area (Å²) in [5.41, 5.74) is 0.709. The van der Waals surface area contributed by atoms with E-state index in [1.165, 1.54) is 38.5 Å². The van der Waals surface area contributed by atoms with Crippen LogP contribution in [0.2, 0.25) is 0 Å².